The van der Waals surface area contributed by atoms with Crippen LogP contribution in [0.2, 0.25) is 0 Å². The molecule has 0 amide bonds. The molecule has 0 bridgehead atoms. The first-order valence-electron chi connectivity index (χ1n) is 6.81. The van der Waals surface area contributed by atoms with Crippen molar-refractivity contribution in [3.8, 4) is 6.07 Å². The highest BCUT2D eigenvalue weighted by atomic mass is 16.5. The number of nitrogens with one attached hydrogen (secondary N) is 1. The molecule has 1 aromatic carbocycles. The highest BCUT2D eigenvalue weighted by Gasteiger charge is 2.33. The lowest BCUT2D eigenvalue weighted by Gasteiger charge is -2.41. The second-order valence-corrected chi connectivity index (χ2v) is 4.74. The first kappa shape index (κ1) is 14.0. The standard InChI is InChI=1S/C15H21N3O/c1-3-18-8-9-19-14(11-17-2)15(18)13-7-5-4-6-12(13)10-16/h4-7,14-15,17H,3,8-9,11H2,1-2H3. The van der Waals surface area contributed by atoms with Crippen molar-refractivity contribution in [1.82, 2.24) is 10.2 Å². The van der Waals surface area contributed by atoms with Gasteiger partial charge < -0.3 is 10.1 Å². The Labute approximate surface area is 115 Å². The molecule has 1 aromatic rings. The van der Waals surface area contributed by atoms with E-state index in [0.29, 0.717) is 0 Å². The van der Waals surface area contributed by atoms with Gasteiger partial charge in [-0.05, 0) is 25.2 Å². The highest BCUT2D eigenvalue weighted by molar-refractivity contribution is 5.40. The molecule has 1 fully saturated rings. The van der Waals surface area contributed by atoms with Crippen LogP contribution in [0.3, 0.4) is 0 Å². The second kappa shape index (κ2) is 6.67. The molecule has 0 aliphatic carbocycles. The maximum Gasteiger partial charge on any atom is 0.0995 e. The summed E-state index contributed by atoms with van der Waals surface area (Å²) in [5.41, 5.74) is 1.82. The molecule has 0 saturated carbocycles. The molecule has 1 N–H and O–H groups in total. The van der Waals surface area contributed by atoms with Crippen molar-refractivity contribution in [1.29, 1.82) is 5.26 Å². The molecular weight excluding hydrogens is 238 g/mol. The van der Waals surface area contributed by atoms with Gasteiger partial charge in [0.2, 0.25) is 0 Å². The molecule has 1 aliphatic heterocycles. The zero-order valence-corrected chi connectivity index (χ0v) is 11.6. The predicted octanol–water partition coefficient (Wildman–Crippen LogP) is 1.54. The lowest BCUT2D eigenvalue weighted by molar-refractivity contribution is -0.0687. The maximum atomic E-state index is 9.30. The van der Waals surface area contributed by atoms with Crippen molar-refractivity contribution in [2.24, 2.45) is 0 Å². The van der Waals surface area contributed by atoms with E-state index >= 15 is 0 Å². The molecule has 4 heteroatoms. The number of nitrogens with zero attached hydrogens (tertiary/aromatic N) is 2. The number of rotatable bonds is 4. The Morgan fingerprint density at radius 2 is 2.26 bits per heavy atom. The molecule has 1 heterocycles. The van der Waals surface area contributed by atoms with E-state index in [0.717, 1.165) is 37.4 Å². The van der Waals surface area contributed by atoms with Gasteiger partial charge in [0, 0.05) is 13.1 Å². The number of likely N-dealkylation sites (N-methyl/N-ethyl adjacent to an activating group) is 2. The number of benzene rings is 1. The Morgan fingerprint density at radius 1 is 1.47 bits per heavy atom. The lowest BCUT2D eigenvalue weighted by Crippen LogP contribution is -2.48. The molecule has 2 rings (SSSR count). The van der Waals surface area contributed by atoms with Crippen LogP contribution >= 0.6 is 0 Å². The summed E-state index contributed by atoms with van der Waals surface area (Å²) in [6, 6.07) is 10.3. The van der Waals surface area contributed by atoms with Crippen LogP contribution in [0.25, 0.3) is 0 Å². The summed E-state index contributed by atoms with van der Waals surface area (Å²) < 4.78 is 5.90. The number of hydrogen-bond donors (Lipinski definition) is 1. The Kier molecular flexibility index (Phi) is 4.92. The van der Waals surface area contributed by atoms with E-state index in [4.69, 9.17) is 4.74 Å². The zero-order valence-electron chi connectivity index (χ0n) is 11.6. The van der Waals surface area contributed by atoms with Gasteiger partial charge in [-0.2, -0.15) is 5.26 Å². The molecule has 2 atom stereocenters. The summed E-state index contributed by atoms with van der Waals surface area (Å²) in [6.45, 7) is 5.59. The molecule has 2 unspecified atom stereocenters. The summed E-state index contributed by atoms with van der Waals surface area (Å²) in [6.07, 6.45) is 0.0909. The fourth-order valence-electron chi connectivity index (χ4n) is 2.77. The Balaban J connectivity index is 2.37. The van der Waals surface area contributed by atoms with Crippen molar-refractivity contribution < 1.29 is 4.74 Å². The van der Waals surface area contributed by atoms with Crippen molar-refractivity contribution in [2.75, 3.05) is 33.3 Å². The summed E-state index contributed by atoms with van der Waals surface area (Å²) in [5, 5.41) is 12.5. The summed E-state index contributed by atoms with van der Waals surface area (Å²) >= 11 is 0. The fourth-order valence-corrected chi connectivity index (χ4v) is 2.77. The van der Waals surface area contributed by atoms with Gasteiger partial charge in [0.15, 0.2) is 0 Å². The predicted molar refractivity (Wildman–Crippen MR) is 74.8 cm³/mol. The maximum absolute atomic E-state index is 9.30. The van der Waals surface area contributed by atoms with Crippen LogP contribution in [0.5, 0.6) is 0 Å². The Bertz CT molecular complexity index is 453. The van der Waals surface area contributed by atoms with Crippen LogP contribution in [0.1, 0.15) is 24.1 Å². The van der Waals surface area contributed by atoms with Gasteiger partial charge in [0.1, 0.15) is 0 Å². The van der Waals surface area contributed by atoms with Gasteiger partial charge in [-0.25, -0.2) is 0 Å². The van der Waals surface area contributed by atoms with E-state index in [9.17, 15) is 5.26 Å². The molecular formula is C15H21N3O. The third-order valence-corrected chi connectivity index (χ3v) is 3.67. The number of ether oxygens (including phenoxy) is 1. The van der Waals surface area contributed by atoms with Gasteiger partial charge >= 0.3 is 0 Å². The smallest absolute Gasteiger partial charge is 0.0995 e. The minimum atomic E-state index is 0.0909. The van der Waals surface area contributed by atoms with Crippen LogP contribution in [0.4, 0.5) is 0 Å². The molecule has 102 valence electrons. The average Bonchev–Trinajstić information content (AvgIpc) is 2.47. The van der Waals surface area contributed by atoms with Gasteiger partial charge in [-0.1, -0.05) is 25.1 Å². The molecule has 4 nitrogen and oxygen atoms in total. The lowest BCUT2D eigenvalue weighted by atomic mass is 9.94. The zero-order chi connectivity index (χ0) is 13.7. The SMILES string of the molecule is CCN1CCOC(CNC)C1c1ccccc1C#N. The van der Waals surface area contributed by atoms with E-state index in [1.807, 2.05) is 31.3 Å². The van der Waals surface area contributed by atoms with Crippen LogP contribution in [-0.2, 0) is 4.74 Å². The van der Waals surface area contributed by atoms with Crippen molar-refractivity contribution in [3.05, 3.63) is 35.4 Å². The first-order valence-corrected chi connectivity index (χ1v) is 6.81. The molecule has 19 heavy (non-hydrogen) atoms. The van der Waals surface area contributed by atoms with Crippen molar-refractivity contribution >= 4 is 0 Å². The van der Waals surface area contributed by atoms with E-state index in [2.05, 4.69) is 23.2 Å². The van der Waals surface area contributed by atoms with Crippen molar-refractivity contribution in [2.45, 2.75) is 19.1 Å². The van der Waals surface area contributed by atoms with E-state index in [1.54, 1.807) is 0 Å². The number of nitriles is 1. The molecule has 1 aliphatic rings. The number of morpholine rings is 1. The minimum Gasteiger partial charge on any atom is -0.374 e. The van der Waals surface area contributed by atoms with Gasteiger partial charge in [-0.3, -0.25) is 4.90 Å². The fraction of sp³-hybridized carbons (Fsp3) is 0.533. The van der Waals surface area contributed by atoms with Crippen molar-refractivity contribution in [3.63, 3.8) is 0 Å². The number of hydrogen-bond acceptors (Lipinski definition) is 4. The normalized spacial score (nSPS) is 24.1. The third-order valence-electron chi connectivity index (χ3n) is 3.67. The van der Waals surface area contributed by atoms with Crippen LogP contribution in [-0.4, -0.2) is 44.3 Å². The van der Waals surface area contributed by atoms with Gasteiger partial charge in [-0.15, -0.1) is 0 Å². The molecule has 0 spiro atoms. The summed E-state index contributed by atoms with van der Waals surface area (Å²) in [5.74, 6) is 0. The van der Waals surface area contributed by atoms with Crippen LogP contribution in [0.15, 0.2) is 24.3 Å². The Hall–Kier alpha value is -1.41. The monoisotopic (exact) mass is 259 g/mol. The van der Waals surface area contributed by atoms with Crippen LogP contribution in [0, 0.1) is 11.3 Å². The van der Waals surface area contributed by atoms with Gasteiger partial charge in [0.05, 0.1) is 30.4 Å². The quantitative estimate of drug-likeness (QED) is 0.891. The molecule has 0 radical (unpaired) electrons. The third kappa shape index (κ3) is 2.95. The topological polar surface area (TPSA) is 48.3 Å². The molecule has 0 aromatic heterocycles. The first-order chi connectivity index (χ1) is 9.31. The van der Waals surface area contributed by atoms with Crippen LogP contribution < -0.4 is 5.32 Å². The Morgan fingerprint density at radius 3 is 2.95 bits per heavy atom. The van der Waals surface area contributed by atoms with Gasteiger partial charge in [0.25, 0.3) is 0 Å². The minimum absolute atomic E-state index is 0.0909. The molecule has 1 saturated heterocycles. The average molecular weight is 259 g/mol. The summed E-state index contributed by atoms with van der Waals surface area (Å²) in [4.78, 5) is 2.39. The van der Waals surface area contributed by atoms with E-state index in [-0.39, 0.29) is 12.1 Å². The summed E-state index contributed by atoms with van der Waals surface area (Å²) in [7, 11) is 1.93. The van der Waals surface area contributed by atoms with E-state index < -0.39 is 0 Å². The van der Waals surface area contributed by atoms with E-state index in [1.165, 1.54) is 0 Å². The second-order valence-electron chi connectivity index (χ2n) is 4.74. The largest absolute Gasteiger partial charge is 0.374 e. The highest BCUT2D eigenvalue weighted by Crippen LogP contribution is 2.31.